The smallest absolute Gasteiger partial charge is 0.119 e. The summed E-state index contributed by atoms with van der Waals surface area (Å²) in [6, 6.07) is 17.3. The van der Waals surface area contributed by atoms with Gasteiger partial charge in [-0.2, -0.15) is 0 Å². The quantitative estimate of drug-likeness (QED) is 0.421. The predicted octanol–water partition coefficient (Wildman–Crippen LogP) is 6.41. The van der Waals surface area contributed by atoms with Crippen LogP contribution in [0.25, 0.3) is 11.1 Å². The van der Waals surface area contributed by atoms with Crippen LogP contribution in [0.4, 0.5) is 0 Å². The van der Waals surface area contributed by atoms with Crippen LogP contribution >= 0.6 is 0 Å². The summed E-state index contributed by atoms with van der Waals surface area (Å²) in [6.07, 6.45) is 10.5. The first-order chi connectivity index (χ1) is 12.8. The van der Waals surface area contributed by atoms with Crippen LogP contribution in [0, 0.1) is 0 Å². The number of ether oxygens (including phenoxy) is 1. The summed E-state index contributed by atoms with van der Waals surface area (Å²) in [7, 11) is 0. The van der Waals surface area contributed by atoms with Crippen molar-refractivity contribution in [3.8, 4) is 16.9 Å². The second kappa shape index (κ2) is 12.5. The molecule has 0 saturated carbocycles. The Morgan fingerprint density at radius 1 is 0.692 bits per heavy atom. The van der Waals surface area contributed by atoms with Crippen molar-refractivity contribution >= 4 is 0 Å². The lowest BCUT2D eigenvalue weighted by Gasteiger charge is -2.08. The fourth-order valence-electron chi connectivity index (χ4n) is 3.12. The van der Waals surface area contributed by atoms with E-state index in [0.29, 0.717) is 6.61 Å². The van der Waals surface area contributed by atoms with E-state index < -0.39 is 0 Å². The van der Waals surface area contributed by atoms with Gasteiger partial charge in [-0.15, -0.1) is 0 Å². The van der Waals surface area contributed by atoms with E-state index in [9.17, 15) is 0 Å². The minimum absolute atomic E-state index is 0.317. The summed E-state index contributed by atoms with van der Waals surface area (Å²) >= 11 is 0. The maximum Gasteiger partial charge on any atom is 0.119 e. The van der Waals surface area contributed by atoms with Gasteiger partial charge in [-0.25, -0.2) is 0 Å². The topological polar surface area (TPSA) is 29.5 Å². The summed E-state index contributed by atoms with van der Waals surface area (Å²) in [5.74, 6) is 0.963. The zero-order valence-electron chi connectivity index (χ0n) is 16.3. The molecule has 0 aliphatic rings. The molecule has 2 aromatic rings. The van der Waals surface area contributed by atoms with Crippen LogP contribution in [-0.2, 0) is 6.42 Å². The minimum Gasteiger partial charge on any atom is -0.494 e. The number of hydrogen-bond donors (Lipinski definition) is 1. The second-order valence-electron chi connectivity index (χ2n) is 7.02. The van der Waals surface area contributed by atoms with Crippen LogP contribution in [-0.4, -0.2) is 18.3 Å². The van der Waals surface area contributed by atoms with Gasteiger partial charge in [0.2, 0.25) is 0 Å². The number of aliphatic hydroxyl groups is 1. The standard InChI is InChI=1S/C24H34O2/c1-2-3-4-9-20-26-24-17-15-23(16-18-24)22-13-11-21(12-14-22)10-7-5-6-8-19-25/h11-18,25H,2-10,19-20H2,1H3. The first kappa shape index (κ1) is 20.5. The molecule has 0 saturated heterocycles. The molecule has 1 N–H and O–H groups in total. The van der Waals surface area contributed by atoms with Gasteiger partial charge in [0.1, 0.15) is 5.75 Å². The highest BCUT2D eigenvalue weighted by molar-refractivity contribution is 5.64. The summed E-state index contributed by atoms with van der Waals surface area (Å²) in [5, 5.41) is 8.80. The third-order valence-corrected chi connectivity index (χ3v) is 4.78. The van der Waals surface area contributed by atoms with E-state index in [1.807, 2.05) is 0 Å². The predicted molar refractivity (Wildman–Crippen MR) is 111 cm³/mol. The van der Waals surface area contributed by atoms with Gasteiger partial charge in [-0.05, 0) is 54.5 Å². The summed E-state index contributed by atoms with van der Waals surface area (Å²) in [5.41, 5.74) is 3.88. The molecule has 0 spiro atoms. The Morgan fingerprint density at radius 2 is 1.31 bits per heavy atom. The van der Waals surface area contributed by atoms with Crippen LogP contribution in [0.15, 0.2) is 48.5 Å². The zero-order valence-corrected chi connectivity index (χ0v) is 16.3. The van der Waals surface area contributed by atoms with Crippen LogP contribution in [0.2, 0.25) is 0 Å². The molecule has 142 valence electrons. The average molecular weight is 355 g/mol. The molecule has 26 heavy (non-hydrogen) atoms. The van der Waals surface area contributed by atoms with Gasteiger partial charge in [0, 0.05) is 6.61 Å². The molecule has 0 fully saturated rings. The number of unbranched alkanes of at least 4 members (excludes halogenated alkanes) is 6. The number of aryl methyl sites for hydroxylation is 1. The van der Waals surface area contributed by atoms with Crippen molar-refractivity contribution < 1.29 is 9.84 Å². The van der Waals surface area contributed by atoms with Gasteiger partial charge in [0.25, 0.3) is 0 Å². The van der Waals surface area contributed by atoms with Crippen molar-refractivity contribution in [2.75, 3.05) is 13.2 Å². The van der Waals surface area contributed by atoms with Crippen molar-refractivity contribution in [1.29, 1.82) is 0 Å². The van der Waals surface area contributed by atoms with Crippen LogP contribution < -0.4 is 4.74 Å². The molecule has 0 aliphatic heterocycles. The molecule has 0 aliphatic carbocycles. The van der Waals surface area contributed by atoms with E-state index >= 15 is 0 Å². The third-order valence-electron chi connectivity index (χ3n) is 4.78. The Labute approximate surface area is 159 Å². The highest BCUT2D eigenvalue weighted by Gasteiger charge is 2.00. The van der Waals surface area contributed by atoms with Gasteiger partial charge in [0.15, 0.2) is 0 Å². The molecule has 0 unspecified atom stereocenters. The first-order valence-corrected chi connectivity index (χ1v) is 10.3. The molecule has 2 rings (SSSR count). The highest BCUT2D eigenvalue weighted by Crippen LogP contribution is 2.23. The van der Waals surface area contributed by atoms with E-state index in [4.69, 9.17) is 9.84 Å². The maximum atomic E-state index is 8.80. The molecule has 2 aromatic carbocycles. The van der Waals surface area contributed by atoms with E-state index in [1.165, 1.54) is 48.8 Å². The Bertz CT molecular complexity index is 531. The SMILES string of the molecule is CCCCCCOc1ccc(-c2ccc(CCCCCCO)cc2)cc1. The van der Waals surface area contributed by atoms with Crippen LogP contribution in [0.1, 0.15) is 63.9 Å². The third kappa shape index (κ3) is 7.61. The largest absolute Gasteiger partial charge is 0.494 e. The molecule has 0 atom stereocenters. The van der Waals surface area contributed by atoms with Crippen molar-refractivity contribution in [3.05, 3.63) is 54.1 Å². The first-order valence-electron chi connectivity index (χ1n) is 10.3. The van der Waals surface area contributed by atoms with Gasteiger partial charge < -0.3 is 9.84 Å². The Morgan fingerprint density at radius 3 is 1.96 bits per heavy atom. The lowest BCUT2D eigenvalue weighted by Crippen LogP contribution is -1.96. The Hall–Kier alpha value is -1.80. The molecular formula is C24H34O2. The lowest BCUT2D eigenvalue weighted by atomic mass is 10.0. The molecule has 2 heteroatoms. The molecular weight excluding hydrogens is 320 g/mol. The Kier molecular flexibility index (Phi) is 9.89. The zero-order chi connectivity index (χ0) is 18.5. The van der Waals surface area contributed by atoms with Crippen molar-refractivity contribution in [2.24, 2.45) is 0 Å². The van der Waals surface area contributed by atoms with Crippen molar-refractivity contribution in [2.45, 2.75) is 64.7 Å². The number of hydrogen-bond acceptors (Lipinski definition) is 2. The van der Waals surface area contributed by atoms with E-state index in [1.54, 1.807) is 0 Å². The minimum atomic E-state index is 0.317. The normalized spacial score (nSPS) is 10.8. The maximum absolute atomic E-state index is 8.80. The number of aliphatic hydroxyl groups excluding tert-OH is 1. The van der Waals surface area contributed by atoms with Crippen LogP contribution in [0.5, 0.6) is 5.75 Å². The lowest BCUT2D eigenvalue weighted by molar-refractivity contribution is 0.282. The van der Waals surface area contributed by atoms with Crippen LogP contribution in [0.3, 0.4) is 0 Å². The average Bonchev–Trinajstić information content (AvgIpc) is 2.69. The molecule has 0 bridgehead atoms. The van der Waals surface area contributed by atoms with Gasteiger partial charge >= 0.3 is 0 Å². The highest BCUT2D eigenvalue weighted by atomic mass is 16.5. The fourth-order valence-corrected chi connectivity index (χ4v) is 3.12. The summed E-state index contributed by atoms with van der Waals surface area (Å²) in [4.78, 5) is 0. The fraction of sp³-hybridized carbons (Fsp3) is 0.500. The molecule has 0 aromatic heterocycles. The number of rotatable bonds is 13. The Balaban J connectivity index is 1.77. The van der Waals surface area contributed by atoms with Gasteiger partial charge in [-0.1, -0.05) is 75.4 Å². The van der Waals surface area contributed by atoms with E-state index in [-0.39, 0.29) is 0 Å². The number of benzene rings is 2. The molecule has 0 amide bonds. The van der Waals surface area contributed by atoms with Gasteiger partial charge in [0.05, 0.1) is 6.61 Å². The molecule has 0 radical (unpaired) electrons. The monoisotopic (exact) mass is 354 g/mol. The van der Waals surface area contributed by atoms with Gasteiger partial charge in [-0.3, -0.25) is 0 Å². The molecule has 2 nitrogen and oxygen atoms in total. The summed E-state index contributed by atoms with van der Waals surface area (Å²) in [6.45, 7) is 3.36. The van der Waals surface area contributed by atoms with Crippen molar-refractivity contribution in [3.63, 3.8) is 0 Å². The van der Waals surface area contributed by atoms with E-state index in [2.05, 4.69) is 55.5 Å². The van der Waals surface area contributed by atoms with Crippen molar-refractivity contribution in [1.82, 2.24) is 0 Å². The second-order valence-corrected chi connectivity index (χ2v) is 7.02. The van der Waals surface area contributed by atoms with E-state index in [0.717, 1.165) is 38.0 Å². The molecule has 0 heterocycles. The summed E-state index contributed by atoms with van der Waals surface area (Å²) < 4.78 is 5.82.